The molecule has 1 aliphatic rings. The number of rotatable bonds is 2. The van der Waals surface area contributed by atoms with E-state index in [0.29, 0.717) is 11.0 Å². The zero-order valence-corrected chi connectivity index (χ0v) is 16.0. The Morgan fingerprint density at radius 2 is 2.10 bits per heavy atom. The first kappa shape index (κ1) is 17.5. The third kappa shape index (κ3) is 2.46. The number of ether oxygens (including phenoxy) is 1. The van der Waals surface area contributed by atoms with Crippen LogP contribution >= 0.6 is 0 Å². The molecule has 1 aromatic carbocycles. The molecule has 0 spiro atoms. The quantitative estimate of drug-likeness (QED) is 0.539. The Hall–Kier alpha value is -3.64. The van der Waals surface area contributed by atoms with E-state index in [1.54, 1.807) is 4.57 Å². The highest BCUT2D eigenvalue weighted by Gasteiger charge is 2.25. The molecule has 0 bridgehead atoms. The van der Waals surface area contributed by atoms with E-state index in [0.717, 1.165) is 48.0 Å². The molecular formula is C20H20N8O. The average molecular weight is 388 g/mol. The van der Waals surface area contributed by atoms with E-state index in [4.69, 9.17) is 16.2 Å². The van der Waals surface area contributed by atoms with Gasteiger partial charge in [-0.05, 0) is 37.8 Å². The molecule has 4 N–H and O–H groups in total. The lowest BCUT2D eigenvalue weighted by molar-refractivity contribution is -0.0366. The molecule has 1 aliphatic heterocycles. The number of nitrogens with zero attached hydrogens (tertiary/aromatic N) is 6. The van der Waals surface area contributed by atoms with Gasteiger partial charge in [0.15, 0.2) is 11.9 Å². The van der Waals surface area contributed by atoms with E-state index in [-0.39, 0.29) is 23.4 Å². The average Bonchev–Trinajstić information content (AvgIpc) is 3.28. The molecule has 1 fully saturated rings. The van der Waals surface area contributed by atoms with Crippen molar-refractivity contribution in [2.75, 3.05) is 18.1 Å². The van der Waals surface area contributed by atoms with Crippen LogP contribution in [0, 0.1) is 18.3 Å². The lowest BCUT2D eigenvalue weighted by atomic mass is 10.1. The summed E-state index contributed by atoms with van der Waals surface area (Å²) in [7, 11) is 0. The lowest BCUT2D eigenvalue weighted by Crippen LogP contribution is -2.19. The summed E-state index contributed by atoms with van der Waals surface area (Å²) in [6.07, 6.45) is 6.23. The fraction of sp³-hybridized carbons (Fsp3) is 0.300. The first-order valence-corrected chi connectivity index (χ1v) is 9.51. The van der Waals surface area contributed by atoms with Gasteiger partial charge in [0.1, 0.15) is 29.6 Å². The first-order chi connectivity index (χ1) is 14.1. The van der Waals surface area contributed by atoms with Crippen molar-refractivity contribution in [3.63, 3.8) is 0 Å². The molecule has 1 saturated heterocycles. The lowest BCUT2D eigenvalue weighted by Gasteiger charge is -2.23. The molecule has 4 heterocycles. The molecule has 146 valence electrons. The van der Waals surface area contributed by atoms with Gasteiger partial charge in [-0.2, -0.15) is 10.4 Å². The third-order valence-electron chi connectivity index (χ3n) is 5.53. The zero-order chi connectivity index (χ0) is 20.1. The number of fused-ring (bicyclic) bond motifs is 2. The van der Waals surface area contributed by atoms with E-state index in [9.17, 15) is 5.26 Å². The van der Waals surface area contributed by atoms with Crippen LogP contribution in [0.1, 0.15) is 36.6 Å². The molecule has 0 aliphatic carbocycles. The second-order valence-electron chi connectivity index (χ2n) is 7.24. The van der Waals surface area contributed by atoms with Crippen LogP contribution in [0.25, 0.3) is 27.6 Å². The Labute approximate surface area is 166 Å². The zero-order valence-electron chi connectivity index (χ0n) is 16.0. The minimum atomic E-state index is -0.0804. The Bertz CT molecular complexity index is 1290. The normalized spacial score (nSPS) is 17.0. The van der Waals surface area contributed by atoms with E-state index in [1.807, 2.05) is 29.9 Å². The van der Waals surface area contributed by atoms with Gasteiger partial charge < -0.3 is 16.2 Å². The monoisotopic (exact) mass is 388 g/mol. The molecule has 9 heteroatoms. The topological polar surface area (TPSA) is 134 Å². The first-order valence-electron chi connectivity index (χ1n) is 9.51. The van der Waals surface area contributed by atoms with Crippen LogP contribution in [-0.2, 0) is 4.74 Å². The van der Waals surface area contributed by atoms with Gasteiger partial charge >= 0.3 is 0 Å². The van der Waals surface area contributed by atoms with Crippen LogP contribution < -0.4 is 11.5 Å². The van der Waals surface area contributed by atoms with E-state index in [2.05, 4.69) is 21.1 Å². The van der Waals surface area contributed by atoms with Gasteiger partial charge in [-0.3, -0.25) is 4.57 Å². The Morgan fingerprint density at radius 1 is 1.24 bits per heavy atom. The van der Waals surface area contributed by atoms with Crippen molar-refractivity contribution in [3.05, 3.63) is 35.8 Å². The van der Waals surface area contributed by atoms with E-state index in [1.165, 1.54) is 6.33 Å². The predicted octanol–water partition coefficient (Wildman–Crippen LogP) is 2.81. The van der Waals surface area contributed by atoms with Crippen LogP contribution in [-0.4, -0.2) is 30.9 Å². The number of nitrogens with two attached hydrogens (primary N) is 2. The van der Waals surface area contributed by atoms with Crippen molar-refractivity contribution < 1.29 is 4.74 Å². The summed E-state index contributed by atoms with van der Waals surface area (Å²) in [5, 5.41) is 15.7. The van der Waals surface area contributed by atoms with Crippen molar-refractivity contribution in [1.29, 1.82) is 5.26 Å². The van der Waals surface area contributed by atoms with Gasteiger partial charge in [-0.25, -0.2) is 14.6 Å². The molecule has 1 unspecified atom stereocenters. The standard InChI is InChI=1S/C20H20N8O/c1-11-5-6-14-13(9-26-28(14)15-4-2-3-7-29-15)17(11)27-19(23)12(8-21)16-18(22)24-10-25-20(16)27/h5-6,9-10,15H,2-4,7,23H2,1H3,(H2,22,24,25). The predicted molar refractivity (Wildman–Crippen MR) is 109 cm³/mol. The van der Waals surface area contributed by atoms with Crippen LogP contribution in [0.4, 0.5) is 11.6 Å². The van der Waals surface area contributed by atoms with Gasteiger partial charge in [0.05, 0.1) is 22.8 Å². The van der Waals surface area contributed by atoms with Crippen molar-refractivity contribution in [2.45, 2.75) is 32.4 Å². The minimum Gasteiger partial charge on any atom is -0.384 e. The van der Waals surface area contributed by atoms with Crippen LogP contribution in [0.3, 0.4) is 0 Å². The maximum Gasteiger partial charge on any atom is 0.153 e. The van der Waals surface area contributed by atoms with E-state index < -0.39 is 0 Å². The number of nitrogen functional groups attached to an aromatic ring is 2. The minimum absolute atomic E-state index is 0.0804. The molecule has 29 heavy (non-hydrogen) atoms. The van der Waals surface area contributed by atoms with Crippen molar-refractivity contribution >= 4 is 33.6 Å². The summed E-state index contributed by atoms with van der Waals surface area (Å²) in [4.78, 5) is 8.41. The number of aromatic nitrogens is 5. The summed E-state index contributed by atoms with van der Waals surface area (Å²) in [6.45, 7) is 2.73. The molecule has 0 saturated carbocycles. The number of nitriles is 1. The Morgan fingerprint density at radius 3 is 2.86 bits per heavy atom. The van der Waals surface area contributed by atoms with Crippen LogP contribution in [0.15, 0.2) is 24.7 Å². The highest BCUT2D eigenvalue weighted by molar-refractivity contribution is 6.00. The molecule has 9 nitrogen and oxygen atoms in total. The van der Waals surface area contributed by atoms with Gasteiger partial charge in [-0.1, -0.05) is 6.07 Å². The Balaban J connectivity index is 1.82. The van der Waals surface area contributed by atoms with Gasteiger partial charge in [0.2, 0.25) is 0 Å². The molecule has 3 aromatic heterocycles. The third-order valence-corrected chi connectivity index (χ3v) is 5.53. The summed E-state index contributed by atoms with van der Waals surface area (Å²) >= 11 is 0. The van der Waals surface area contributed by atoms with Gasteiger partial charge in [0, 0.05) is 12.0 Å². The number of anilines is 2. The van der Waals surface area contributed by atoms with Crippen LogP contribution in [0.2, 0.25) is 0 Å². The number of hydrogen-bond acceptors (Lipinski definition) is 7. The summed E-state index contributed by atoms with van der Waals surface area (Å²) in [6, 6.07) is 6.20. The molecule has 0 amide bonds. The fourth-order valence-corrected chi connectivity index (χ4v) is 4.15. The molecule has 1 atom stereocenters. The molecule has 5 rings (SSSR count). The summed E-state index contributed by atoms with van der Waals surface area (Å²) < 4.78 is 9.63. The number of hydrogen-bond donors (Lipinski definition) is 2. The number of benzene rings is 1. The summed E-state index contributed by atoms with van der Waals surface area (Å²) in [5.41, 5.74) is 16.0. The second-order valence-corrected chi connectivity index (χ2v) is 7.24. The Kier molecular flexibility index (Phi) is 3.89. The highest BCUT2D eigenvalue weighted by Crippen LogP contribution is 2.37. The van der Waals surface area contributed by atoms with Crippen LogP contribution in [0.5, 0.6) is 0 Å². The second kappa shape index (κ2) is 6.46. The van der Waals surface area contributed by atoms with Gasteiger partial charge in [-0.15, -0.1) is 0 Å². The van der Waals surface area contributed by atoms with Crippen molar-refractivity contribution in [1.82, 2.24) is 24.3 Å². The largest absolute Gasteiger partial charge is 0.384 e. The summed E-state index contributed by atoms with van der Waals surface area (Å²) in [5.74, 6) is 0.514. The SMILES string of the molecule is Cc1ccc2c(cnn2C2CCCCO2)c1-n1c(N)c(C#N)c2c(N)ncnc21. The maximum absolute atomic E-state index is 9.67. The highest BCUT2D eigenvalue weighted by atomic mass is 16.5. The van der Waals surface area contributed by atoms with E-state index >= 15 is 0 Å². The molecule has 4 aromatic rings. The smallest absolute Gasteiger partial charge is 0.153 e. The number of aryl methyl sites for hydroxylation is 1. The van der Waals surface area contributed by atoms with Gasteiger partial charge in [0.25, 0.3) is 0 Å². The molecule has 0 radical (unpaired) electrons. The van der Waals surface area contributed by atoms with Crippen molar-refractivity contribution in [3.8, 4) is 11.8 Å². The fourth-order valence-electron chi connectivity index (χ4n) is 4.15. The molecular weight excluding hydrogens is 368 g/mol. The maximum atomic E-state index is 9.67. The van der Waals surface area contributed by atoms with Crippen molar-refractivity contribution in [2.24, 2.45) is 0 Å².